The first-order chi connectivity index (χ1) is 18.5. The quantitative estimate of drug-likeness (QED) is 0.244. The van der Waals surface area contributed by atoms with E-state index in [1.165, 1.54) is 12.1 Å². The minimum atomic E-state index is -4.50. The summed E-state index contributed by atoms with van der Waals surface area (Å²) in [5, 5.41) is 0. The number of para-hydroxylation sites is 1. The molecule has 0 aliphatic heterocycles. The van der Waals surface area contributed by atoms with E-state index in [0.717, 1.165) is 49.9 Å². The second kappa shape index (κ2) is 11.8. The van der Waals surface area contributed by atoms with Gasteiger partial charge < -0.3 is 9.47 Å². The van der Waals surface area contributed by atoms with Gasteiger partial charge in [-0.1, -0.05) is 38.0 Å². The molecule has 1 aliphatic carbocycles. The topological polar surface area (TPSA) is 18.5 Å². The molecular formula is C29H26F8O2. The van der Waals surface area contributed by atoms with Crippen molar-refractivity contribution in [3.8, 4) is 22.6 Å². The van der Waals surface area contributed by atoms with Crippen LogP contribution in [0.25, 0.3) is 11.1 Å². The Morgan fingerprint density at radius 1 is 0.846 bits per heavy atom. The Bertz CT molecular complexity index is 1260. The molecule has 0 spiro atoms. The molecule has 4 rings (SSSR count). The number of hydrogen-bond acceptors (Lipinski definition) is 2. The molecule has 1 fully saturated rings. The van der Waals surface area contributed by atoms with E-state index < -0.39 is 53.1 Å². The molecule has 0 unspecified atom stereocenters. The van der Waals surface area contributed by atoms with E-state index in [0.29, 0.717) is 36.5 Å². The van der Waals surface area contributed by atoms with E-state index in [9.17, 15) is 26.3 Å². The third kappa shape index (κ3) is 6.47. The number of alkyl halides is 4. The van der Waals surface area contributed by atoms with Crippen LogP contribution in [0.3, 0.4) is 0 Å². The second-order valence-corrected chi connectivity index (χ2v) is 9.63. The zero-order valence-corrected chi connectivity index (χ0v) is 20.9. The van der Waals surface area contributed by atoms with Crippen LogP contribution >= 0.6 is 0 Å². The first-order valence-corrected chi connectivity index (χ1v) is 12.6. The normalized spacial score (nSPS) is 17.9. The molecule has 0 aromatic heterocycles. The summed E-state index contributed by atoms with van der Waals surface area (Å²) in [5.74, 6) is -7.57. The summed E-state index contributed by atoms with van der Waals surface area (Å²) < 4.78 is 122. The van der Waals surface area contributed by atoms with Crippen molar-refractivity contribution in [2.45, 2.75) is 64.1 Å². The van der Waals surface area contributed by atoms with Crippen LogP contribution in [0.5, 0.6) is 11.5 Å². The average Bonchev–Trinajstić information content (AvgIpc) is 2.86. The maximum Gasteiger partial charge on any atom is 0.432 e. The highest BCUT2D eigenvalue weighted by Gasteiger charge is 2.42. The van der Waals surface area contributed by atoms with E-state index in [4.69, 9.17) is 4.74 Å². The lowest BCUT2D eigenvalue weighted by Gasteiger charge is -2.29. The first kappa shape index (κ1) is 28.7. The van der Waals surface area contributed by atoms with Crippen molar-refractivity contribution >= 4 is 0 Å². The number of ether oxygens (including phenoxy) is 2. The lowest BCUT2D eigenvalue weighted by molar-refractivity contribution is -0.189. The van der Waals surface area contributed by atoms with Gasteiger partial charge in [0.05, 0.1) is 0 Å². The van der Waals surface area contributed by atoms with Gasteiger partial charge in [0, 0.05) is 5.56 Å². The van der Waals surface area contributed by atoms with Crippen molar-refractivity contribution in [3.63, 3.8) is 0 Å². The van der Waals surface area contributed by atoms with Gasteiger partial charge in [-0.25, -0.2) is 17.6 Å². The molecule has 0 amide bonds. The highest BCUT2D eigenvalue weighted by Crippen LogP contribution is 2.43. The maximum atomic E-state index is 15.2. The lowest BCUT2D eigenvalue weighted by Crippen LogP contribution is -2.26. The largest absolute Gasteiger partial charge is 0.432 e. The van der Waals surface area contributed by atoms with E-state index >= 15 is 8.78 Å². The van der Waals surface area contributed by atoms with Gasteiger partial charge >= 0.3 is 12.7 Å². The highest BCUT2D eigenvalue weighted by molar-refractivity contribution is 5.71. The maximum absolute atomic E-state index is 15.2. The Kier molecular flexibility index (Phi) is 8.71. The van der Waals surface area contributed by atoms with Crippen molar-refractivity contribution in [2.24, 2.45) is 5.92 Å². The molecule has 1 aliphatic rings. The third-order valence-electron chi connectivity index (χ3n) is 7.01. The number of rotatable bonds is 9. The first-order valence-electron chi connectivity index (χ1n) is 12.6. The van der Waals surface area contributed by atoms with E-state index in [-0.39, 0.29) is 17.0 Å². The Morgan fingerprint density at radius 3 is 2.00 bits per heavy atom. The van der Waals surface area contributed by atoms with Crippen LogP contribution in [0.4, 0.5) is 35.1 Å². The third-order valence-corrected chi connectivity index (χ3v) is 7.01. The zero-order chi connectivity index (χ0) is 28.3. The van der Waals surface area contributed by atoms with Gasteiger partial charge in [0.2, 0.25) is 0 Å². The molecule has 0 atom stereocenters. The summed E-state index contributed by atoms with van der Waals surface area (Å²) in [6.45, 7) is -1.41. The molecule has 0 radical (unpaired) electrons. The van der Waals surface area contributed by atoms with E-state index in [1.807, 2.05) is 0 Å². The van der Waals surface area contributed by atoms with E-state index in [1.54, 1.807) is 0 Å². The van der Waals surface area contributed by atoms with Crippen LogP contribution in [-0.2, 0) is 6.11 Å². The van der Waals surface area contributed by atoms with Gasteiger partial charge in [0.1, 0.15) is 22.9 Å². The summed E-state index contributed by atoms with van der Waals surface area (Å²) >= 11 is 0. The zero-order valence-electron chi connectivity index (χ0n) is 20.9. The van der Waals surface area contributed by atoms with Gasteiger partial charge in [-0.2, -0.15) is 17.6 Å². The van der Waals surface area contributed by atoms with Crippen molar-refractivity contribution in [2.75, 3.05) is 0 Å². The Labute approximate surface area is 220 Å². The molecule has 0 heterocycles. The van der Waals surface area contributed by atoms with Gasteiger partial charge in [-0.05, 0) is 79.0 Å². The minimum Gasteiger partial charge on any atom is -0.429 e. The summed E-state index contributed by atoms with van der Waals surface area (Å²) in [5.41, 5.74) is -1.93. The molecule has 0 N–H and O–H groups in total. The predicted octanol–water partition coefficient (Wildman–Crippen LogP) is 9.71. The van der Waals surface area contributed by atoms with Crippen LogP contribution in [0.1, 0.15) is 62.5 Å². The van der Waals surface area contributed by atoms with Gasteiger partial charge in [-0.3, -0.25) is 0 Å². The van der Waals surface area contributed by atoms with Gasteiger partial charge in [-0.15, -0.1) is 0 Å². The van der Waals surface area contributed by atoms with Crippen molar-refractivity contribution in [3.05, 3.63) is 82.9 Å². The summed E-state index contributed by atoms with van der Waals surface area (Å²) in [6.07, 6.45) is 0.832. The number of benzene rings is 3. The van der Waals surface area contributed by atoms with Crippen LogP contribution in [0.15, 0.2) is 48.5 Å². The van der Waals surface area contributed by atoms with E-state index in [2.05, 4.69) is 11.7 Å². The fourth-order valence-corrected chi connectivity index (χ4v) is 5.20. The molecule has 39 heavy (non-hydrogen) atoms. The van der Waals surface area contributed by atoms with Crippen LogP contribution in [0.2, 0.25) is 0 Å². The Balaban J connectivity index is 1.61. The van der Waals surface area contributed by atoms with Gasteiger partial charge in [0.15, 0.2) is 17.4 Å². The molecule has 3 aromatic rings. The summed E-state index contributed by atoms with van der Waals surface area (Å²) in [6, 6.07) is 7.77. The molecule has 0 saturated heterocycles. The monoisotopic (exact) mass is 558 g/mol. The second-order valence-electron chi connectivity index (χ2n) is 9.63. The fourth-order valence-electron chi connectivity index (χ4n) is 5.20. The Hall–Kier alpha value is -3.30. The Morgan fingerprint density at radius 2 is 1.44 bits per heavy atom. The molecule has 3 aromatic carbocycles. The molecular weight excluding hydrogens is 532 g/mol. The molecule has 0 bridgehead atoms. The number of halogens is 8. The smallest absolute Gasteiger partial charge is 0.429 e. The molecule has 2 nitrogen and oxygen atoms in total. The standard InChI is InChI=1S/C29H26F8O2/c1-2-5-16-8-10-17(11-9-16)18-12-21(30)26(22(31)13-18)29(36,37)39-25-7-4-3-6-20(25)19-14-23(32)27(24(33)15-19)38-28(34)35/h3-4,6-7,12-17,28H,2,5,8-11H2,1H3/t16-,17-. The molecule has 1 saturated carbocycles. The minimum absolute atomic E-state index is 0.145. The van der Waals surface area contributed by atoms with Crippen molar-refractivity contribution in [1.82, 2.24) is 0 Å². The summed E-state index contributed by atoms with van der Waals surface area (Å²) in [7, 11) is 0. The van der Waals surface area contributed by atoms with Crippen LogP contribution < -0.4 is 9.47 Å². The van der Waals surface area contributed by atoms with Crippen molar-refractivity contribution in [1.29, 1.82) is 0 Å². The SMILES string of the molecule is CCC[C@H]1CC[C@H](c2cc(F)c(C(F)(F)Oc3ccccc3-c3cc(F)c(OC(F)F)c(F)c3)c(F)c2)CC1. The highest BCUT2D eigenvalue weighted by atomic mass is 19.3. The fraction of sp³-hybridized carbons (Fsp3) is 0.379. The summed E-state index contributed by atoms with van der Waals surface area (Å²) in [4.78, 5) is 0. The lowest BCUT2D eigenvalue weighted by atomic mass is 9.77. The average molecular weight is 559 g/mol. The molecule has 210 valence electrons. The van der Waals surface area contributed by atoms with Crippen molar-refractivity contribution < 1.29 is 44.6 Å². The van der Waals surface area contributed by atoms with Crippen LogP contribution in [-0.4, -0.2) is 6.61 Å². The predicted molar refractivity (Wildman–Crippen MR) is 129 cm³/mol. The molecule has 10 heteroatoms. The number of hydrogen-bond donors (Lipinski definition) is 0. The van der Waals surface area contributed by atoms with Crippen LogP contribution in [0, 0.1) is 29.2 Å². The van der Waals surface area contributed by atoms with Gasteiger partial charge in [0.25, 0.3) is 0 Å².